The Labute approximate surface area is 190 Å². The number of nitrogens with one attached hydrogen (secondary N) is 1. The van der Waals surface area contributed by atoms with E-state index in [9.17, 15) is 8.42 Å². The molecule has 1 fully saturated rings. The first kappa shape index (κ1) is 22.8. The van der Waals surface area contributed by atoms with Gasteiger partial charge in [0.1, 0.15) is 0 Å². The van der Waals surface area contributed by atoms with E-state index in [-0.39, 0.29) is 0 Å². The number of aromatic nitrogens is 4. The number of nitrogens with zero attached hydrogens (tertiary/aromatic N) is 6. The first-order chi connectivity index (χ1) is 15.4. The molecule has 0 unspecified atom stereocenters. The summed E-state index contributed by atoms with van der Waals surface area (Å²) in [5, 5.41) is 3.34. The Morgan fingerprint density at radius 1 is 1.09 bits per heavy atom. The molecule has 2 aliphatic rings. The number of hydrogen-bond acceptors (Lipinski definition) is 8. The number of fused-ring (bicyclic) bond motifs is 1. The zero-order chi connectivity index (χ0) is 22.6. The van der Waals surface area contributed by atoms with Crippen molar-refractivity contribution in [2.75, 3.05) is 42.7 Å². The van der Waals surface area contributed by atoms with Gasteiger partial charge in [-0.25, -0.2) is 28.4 Å². The van der Waals surface area contributed by atoms with Gasteiger partial charge in [-0.3, -0.25) is 0 Å². The van der Waals surface area contributed by atoms with Crippen molar-refractivity contribution in [2.24, 2.45) is 5.92 Å². The van der Waals surface area contributed by atoms with Crippen LogP contribution in [-0.2, 0) is 29.4 Å². The Hall–Kier alpha value is -2.33. The molecule has 10 heteroatoms. The van der Waals surface area contributed by atoms with Crippen LogP contribution in [0.2, 0.25) is 0 Å². The van der Waals surface area contributed by atoms with Gasteiger partial charge in [0, 0.05) is 63.3 Å². The molecule has 2 aromatic heterocycles. The van der Waals surface area contributed by atoms with Gasteiger partial charge in [0.15, 0.2) is 0 Å². The van der Waals surface area contributed by atoms with Crippen molar-refractivity contribution in [3.63, 3.8) is 0 Å². The topological polar surface area (TPSA) is 104 Å². The van der Waals surface area contributed by atoms with Crippen molar-refractivity contribution < 1.29 is 8.42 Å². The lowest BCUT2D eigenvalue weighted by molar-refractivity contribution is 0.373. The van der Waals surface area contributed by atoms with E-state index < -0.39 is 10.0 Å². The zero-order valence-electron chi connectivity index (χ0n) is 19.0. The highest BCUT2D eigenvalue weighted by Crippen LogP contribution is 2.24. The van der Waals surface area contributed by atoms with Crippen LogP contribution in [0.3, 0.4) is 0 Å². The molecule has 4 rings (SSSR count). The Kier molecular flexibility index (Phi) is 7.20. The molecule has 0 aliphatic carbocycles. The molecule has 1 N–H and O–H groups in total. The molecule has 9 nitrogen and oxygen atoms in total. The Morgan fingerprint density at radius 3 is 2.53 bits per heavy atom. The van der Waals surface area contributed by atoms with Crippen LogP contribution in [0.4, 0.5) is 11.9 Å². The van der Waals surface area contributed by atoms with Crippen LogP contribution >= 0.6 is 0 Å². The molecular formula is C22H33N7O2S. The molecule has 0 aromatic carbocycles. The minimum Gasteiger partial charge on any atom is -0.354 e. The van der Waals surface area contributed by atoms with Crippen molar-refractivity contribution >= 4 is 21.9 Å². The summed E-state index contributed by atoms with van der Waals surface area (Å²) in [6, 6.07) is 0. The highest BCUT2D eigenvalue weighted by atomic mass is 32.2. The van der Waals surface area contributed by atoms with E-state index in [1.165, 1.54) is 35.4 Å². The van der Waals surface area contributed by atoms with Crippen molar-refractivity contribution in [3.8, 4) is 0 Å². The largest absolute Gasteiger partial charge is 0.354 e. The summed E-state index contributed by atoms with van der Waals surface area (Å²) in [4.78, 5) is 20.3. The third-order valence-corrected chi connectivity index (χ3v) is 7.69. The second-order valence-electron chi connectivity index (χ2n) is 8.76. The molecule has 174 valence electrons. The van der Waals surface area contributed by atoms with E-state index in [4.69, 9.17) is 0 Å². The Morgan fingerprint density at radius 2 is 1.84 bits per heavy atom. The lowest BCUT2D eigenvalue weighted by atomic mass is 9.92. The third kappa shape index (κ3) is 5.72. The van der Waals surface area contributed by atoms with E-state index in [0.29, 0.717) is 25.5 Å². The first-order valence-corrected chi connectivity index (χ1v) is 13.4. The molecule has 0 bridgehead atoms. The van der Waals surface area contributed by atoms with Crippen molar-refractivity contribution in [3.05, 3.63) is 35.4 Å². The SMILES string of the molecule is CCc1cnc(N2CCC(CCCNc3ncc4c(n3)CCN(S(C)(=O)=O)C4)CC2)nc1. The van der Waals surface area contributed by atoms with E-state index in [1.807, 2.05) is 12.4 Å². The van der Waals surface area contributed by atoms with Gasteiger partial charge in [-0.1, -0.05) is 6.92 Å². The van der Waals surface area contributed by atoms with Crippen LogP contribution in [0.15, 0.2) is 18.6 Å². The van der Waals surface area contributed by atoms with Crippen LogP contribution in [0.5, 0.6) is 0 Å². The molecule has 0 amide bonds. The standard InChI is InChI=1S/C22H33N7O2S/c1-3-17-13-25-22(26-14-17)28-10-6-18(7-11-28)5-4-9-23-21-24-15-19-16-29(32(2,30)31)12-8-20(19)27-21/h13-15,18H,3-12,16H2,1-2H3,(H,23,24,27). The third-order valence-electron chi connectivity index (χ3n) is 6.44. The second kappa shape index (κ2) is 10.1. The van der Waals surface area contributed by atoms with Crippen LogP contribution in [0.1, 0.15) is 49.4 Å². The molecule has 2 aromatic rings. The molecule has 0 atom stereocenters. The van der Waals surface area contributed by atoms with Crippen LogP contribution in [-0.4, -0.2) is 65.1 Å². The number of piperidine rings is 1. The number of anilines is 2. The van der Waals surface area contributed by atoms with E-state index in [2.05, 4.69) is 37.1 Å². The molecule has 2 aliphatic heterocycles. The van der Waals surface area contributed by atoms with E-state index in [0.717, 1.165) is 55.6 Å². The van der Waals surface area contributed by atoms with Crippen molar-refractivity contribution in [1.29, 1.82) is 0 Å². The van der Waals surface area contributed by atoms with Gasteiger partial charge in [-0.05, 0) is 43.6 Å². The molecule has 1 saturated heterocycles. The zero-order valence-corrected chi connectivity index (χ0v) is 19.8. The highest BCUT2D eigenvalue weighted by Gasteiger charge is 2.24. The smallest absolute Gasteiger partial charge is 0.225 e. The summed E-state index contributed by atoms with van der Waals surface area (Å²) in [7, 11) is -3.18. The summed E-state index contributed by atoms with van der Waals surface area (Å²) in [6.07, 6.45) is 13.1. The van der Waals surface area contributed by atoms with Gasteiger partial charge in [-0.2, -0.15) is 4.31 Å². The predicted octanol–water partition coefficient (Wildman–Crippen LogP) is 2.26. The van der Waals surface area contributed by atoms with Gasteiger partial charge >= 0.3 is 0 Å². The minimum absolute atomic E-state index is 0.362. The lowest BCUT2D eigenvalue weighted by Gasteiger charge is -2.32. The van der Waals surface area contributed by atoms with Crippen LogP contribution in [0.25, 0.3) is 0 Å². The van der Waals surface area contributed by atoms with Gasteiger partial charge in [-0.15, -0.1) is 0 Å². The Balaban J connectivity index is 1.18. The van der Waals surface area contributed by atoms with Crippen LogP contribution < -0.4 is 10.2 Å². The summed E-state index contributed by atoms with van der Waals surface area (Å²) < 4.78 is 25.0. The normalized spacial score (nSPS) is 17.9. The average molecular weight is 460 g/mol. The molecular weight excluding hydrogens is 426 g/mol. The molecule has 0 radical (unpaired) electrons. The molecule has 0 saturated carbocycles. The fourth-order valence-corrected chi connectivity index (χ4v) is 5.16. The number of rotatable bonds is 8. The quantitative estimate of drug-likeness (QED) is 0.600. The number of aryl methyl sites for hydroxylation is 1. The van der Waals surface area contributed by atoms with Crippen molar-refractivity contribution in [1.82, 2.24) is 24.2 Å². The molecule has 4 heterocycles. The summed E-state index contributed by atoms with van der Waals surface area (Å²) in [5.74, 6) is 2.22. The van der Waals surface area contributed by atoms with E-state index >= 15 is 0 Å². The van der Waals surface area contributed by atoms with Crippen LogP contribution in [0, 0.1) is 5.92 Å². The Bertz CT molecular complexity index is 1010. The predicted molar refractivity (Wildman–Crippen MR) is 125 cm³/mol. The monoisotopic (exact) mass is 459 g/mol. The molecule has 32 heavy (non-hydrogen) atoms. The van der Waals surface area contributed by atoms with Gasteiger partial charge in [0.25, 0.3) is 0 Å². The highest BCUT2D eigenvalue weighted by molar-refractivity contribution is 7.88. The van der Waals surface area contributed by atoms with Gasteiger partial charge < -0.3 is 10.2 Å². The lowest BCUT2D eigenvalue weighted by Crippen LogP contribution is -2.35. The van der Waals surface area contributed by atoms with E-state index in [1.54, 1.807) is 6.20 Å². The minimum atomic E-state index is -3.18. The summed E-state index contributed by atoms with van der Waals surface area (Å²) in [6.45, 7) is 5.83. The fourth-order valence-electron chi connectivity index (χ4n) is 4.36. The summed E-state index contributed by atoms with van der Waals surface area (Å²) in [5.41, 5.74) is 3.02. The maximum absolute atomic E-state index is 11.7. The number of hydrogen-bond donors (Lipinski definition) is 1. The maximum atomic E-state index is 11.7. The first-order valence-electron chi connectivity index (χ1n) is 11.5. The van der Waals surface area contributed by atoms with Gasteiger partial charge in [0.05, 0.1) is 11.9 Å². The molecule has 0 spiro atoms. The average Bonchev–Trinajstić information content (AvgIpc) is 2.81. The number of sulfonamides is 1. The van der Waals surface area contributed by atoms with Gasteiger partial charge in [0.2, 0.25) is 21.9 Å². The van der Waals surface area contributed by atoms with Crippen molar-refractivity contribution in [2.45, 2.75) is 52.0 Å². The fraction of sp³-hybridized carbons (Fsp3) is 0.636. The maximum Gasteiger partial charge on any atom is 0.225 e. The summed E-state index contributed by atoms with van der Waals surface area (Å²) >= 11 is 0. The second-order valence-corrected chi connectivity index (χ2v) is 10.7.